The van der Waals surface area contributed by atoms with E-state index in [4.69, 9.17) is 16.7 Å². The van der Waals surface area contributed by atoms with Crippen LogP contribution in [0.2, 0.25) is 0 Å². The number of halogens is 1. The molecule has 0 aromatic rings. The number of nitrogens with zero attached hydrogens (tertiary/aromatic N) is 1. The van der Waals surface area contributed by atoms with E-state index in [2.05, 4.69) is 4.74 Å². The molecule has 0 bridgehead atoms. The molecule has 6 heteroatoms. The summed E-state index contributed by atoms with van der Waals surface area (Å²) < 4.78 is 4.50. The van der Waals surface area contributed by atoms with Crippen LogP contribution in [0.15, 0.2) is 0 Å². The van der Waals surface area contributed by atoms with Crippen LogP contribution in [0.4, 0.5) is 4.79 Å². The summed E-state index contributed by atoms with van der Waals surface area (Å²) in [6.07, 6.45) is -0.750. The molecule has 0 rings (SSSR count). The summed E-state index contributed by atoms with van der Waals surface area (Å²) in [6, 6.07) is 0. The van der Waals surface area contributed by atoms with E-state index in [1.54, 1.807) is 0 Å². The minimum Gasteiger partial charge on any atom is -0.480 e. The molecular weight excluding hydrogens is 186 g/mol. The predicted molar refractivity (Wildman–Crippen MR) is 42.1 cm³/mol. The van der Waals surface area contributed by atoms with Gasteiger partial charge in [0.05, 0.1) is 0 Å². The molecule has 0 fully saturated rings. The molecule has 0 aliphatic rings. The Bertz CT molecular complexity index is 182. The fraction of sp³-hybridized carbons (Fsp3) is 0.667. The van der Waals surface area contributed by atoms with Crippen molar-refractivity contribution in [3.05, 3.63) is 0 Å². The quantitative estimate of drug-likeness (QED) is 0.674. The zero-order chi connectivity index (χ0) is 9.72. The Labute approximate surface area is 74.9 Å². The lowest BCUT2D eigenvalue weighted by molar-refractivity contribution is -0.137. The van der Waals surface area contributed by atoms with Gasteiger partial charge in [0.1, 0.15) is 6.54 Å². The average Bonchev–Trinajstić information content (AvgIpc) is 1.84. The zero-order valence-electron chi connectivity index (χ0n) is 6.78. The third-order valence-corrected chi connectivity index (χ3v) is 1.04. The van der Waals surface area contributed by atoms with Crippen LogP contribution in [-0.2, 0) is 9.53 Å². The number of carbonyl (C=O) groups excluding carboxylic acids is 1. The molecule has 1 unspecified atom stereocenters. The van der Waals surface area contributed by atoms with Gasteiger partial charge in [-0.1, -0.05) is 11.6 Å². The van der Waals surface area contributed by atoms with Gasteiger partial charge in [0.2, 0.25) is 0 Å². The molecule has 0 aromatic heterocycles. The molecule has 1 amide bonds. The van der Waals surface area contributed by atoms with Gasteiger partial charge in [-0.15, -0.1) is 0 Å². The van der Waals surface area contributed by atoms with Gasteiger partial charge in [0, 0.05) is 7.05 Å². The van der Waals surface area contributed by atoms with E-state index in [1.165, 1.54) is 14.0 Å². The number of rotatable bonds is 3. The molecule has 0 heterocycles. The number of carboxylic acids is 1. The maximum Gasteiger partial charge on any atom is 0.411 e. The number of carbonyl (C=O) groups is 2. The molecule has 0 spiro atoms. The van der Waals surface area contributed by atoms with Crippen molar-refractivity contribution in [3.63, 3.8) is 0 Å². The normalized spacial score (nSPS) is 11.9. The van der Waals surface area contributed by atoms with Gasteiger partial charge in [-0.3, -0.25) is 4.79 Å². The molecule has 1 N–H and O–H groups in total. The molecule has 0 aliphatic carbocycles. The highest BCUT2D eigenvalue weighted by Gasteiger charge is 2.14. The van der Waals surface area contributed by atoms with E-state index in [9.17, 15) is 9.59 Å². The molecule has 1 atom stereocenters. The third kappa shape index (κ3) is 4.79. The van der Waals surface area contributed by atoms with Gasteiger partial charge in [0.15, 0.2) is 5.56 Å². The highest BCUT2D eigenvalue weighted by molar-refractivity contribution is 6.19. The molecule has 12 heavy (non-hydrogen) atoms. The smallest absolute Gasteiger partial charge is 0.411 e. The molecule has 0 saturated heterocycles. The van der Waals surface area contributed by atoms with Crippen molar-refractivity contribution in [1.82, 2.24) is 4.90 Å². The van der Waals surface area contributed by atoms with Gasteiger partial charge >= 0.3 is 12.1 Å². The topological polar surface area (TPSA) is 66.8 Å². The maximum absolute atomic E-state index is 10.8. The monoisotopic (exact) mass is 195 g/mol. The Kier molecular flexibility index (Phi) is 4.43. The fourth-order valence-corrected chi connectivity index (χ4v) is 0.573. The van der Waals surface area contributed by atoms with Gasteiger partial charge in [0.25, 0.3) is 0 Å². The Morgan fingerprint density at radius 2 is 2.17 bits per heavy atom. The summed E-state index contributed by atoms with van der Waals surface area (Å²) in [4.78, 5) is 21.9. The second-order valence-corrected chi connectivity index (χ2v) is 2.79. The van der Waals surface area contributed by atoms with Crippen molar-refractivity contribution in [2.24, 2.45) is 0 Å². The molecular formula is C6H10ClNO4. The van der Waals surface area contributed by atoms with E-state index < -0.39 is 24.2 Å². The van der Waals surface area contributed by atoms with Crippen LogP contribution in [0.3, 0.4) is 0 Å². The van der Waals surface area contributed by atoms with E-state index in [-0.39, 0.29) is 0 Å². The second kappa shape index (κ2) is 4.82. The molecule has 0 saturated carbocycles. The summed E-state index contributed by atoms with van der Waals surface area (Å²) in [5, 5.41) is 8.28. The number of carboxylic acid groups (broad SMARTS) is 1. The SMILES string of the molecule is CC(Cl)OC(=O)N(C)CC(=O)O. The first kappa shape index (κ1) is 11.0. The van der Waals surface area contributed by atoms with E-state index in [0.29, 0.717) is 0 Å². The number of likely N-dealkylation sites (N-methyl/N-ethyl adjacent to an activating group) is 1. The summed E-state index contributed by atoms with van der Waals surface area (Å²) in [5.41, 5.74) is -0.756. The number of ether oxygens (including phenoxy) is 1. The van der Waals surface area contributed by atoms with Crippen molar-refractivity contribution in [3.8, 4) is 0 Å². The lowest BCUT2D eigenvalue weighted by atomic mass is 10.6. The highest BCUT2D eigenvalue weighted by Crippen LogP contribution is 1.99. The number of alkyl halides is 1. The van der Waals surface area contributed by atoms with Gasteiger partial charge in [-0.2, -0.15) is 0 Å². The highest BCUT2D eigenvalue weighted by atomic mass is 35.5. The van der Waals surface area contributed by atoms with E-state index in [1.807, 2.05) is 0 Å². The van der Waals surface area contributed by atoms with Crippen LogP contribution in [0, 0.1) is 0 Å². The van der Waals surface area contributed by atoms with Crippen molar-refractivity contribution in [2.45, 2.75) is 12.5 Å². The molecule has 0 aromatic carbocycles. The number of amides is 1. The number of aliphatic carboxylic acids is 1. The molecule has 0 aliphatic heterocycles. The largest absolute Gasteiger partial charge is 0.480 e. The average molecular weight is 196 g/mol. The first-order valence-corrected chi connectivity index (χ1v) is 3.64. The van der Waals surface area contributed by atoms with Gasteiger partial charge in [-0.05, 0) is 6.92 Å². The minimum atomic E-state index is -1.10. The van der Waals surface area contributed by atoms with E-state index >= 15 is 0 Å². The van der Waals surface area contributed by atoms with E-state index in [0.717, 1.165) is 4.90 Å². The summed E-state index contributed by atoms with van der Waals surface area (Å²) in [5.74, 6) is -1.10. The first-order chi connectivity index (χ1) is 5.43. The zero-order valence-corrected chi connectivity index (χ0v) is 7.54. The Morgan fingerprint density at radius 3 is 2.50 bits per heavy atom. The fourth-order valence-electron chi connectivity index (χ4n) is 0.496. The molecule has 0 radical (unpaired) electrons. The Balaban J connectivity index is 3.85. The van der Waals surface area contributed by atoms with Crippen molar-refractivity contribution >= 4 is 23.7 Å². The Morgan fingerprint density at radius 1 is 1.67 bits per heavy atom. The molecule has 70 valence electrons. The van der Waals surface area contributed by atoms with Crippen LogP contribution in [0.25, 0.3) is 0 Å². The summed E-state index contributed by atoms with van der Waals surface area (Å²) >= 11 is 5.34. The summed E-state index contributed by atoms with van der Waals surface area (Å²) in [7, 11) is 1.32. The van der Waals surface area contributed by atoms with Crippen molar-refractivity contribution in [2.75, 3.05) is 13.6 Å². The molecule has 5 nitrogen and oxygen atoms in total. The van der Waals surface area contributed by atoms with Crippen LogP contribution < -0.4 is 0 Å². The predicted octanol–water partition coefficient (Wildman–Crippen LogP) is 0.724. The van der Waals surface area contributed by atoms with Crippen LogP contribution >= 0.6 is 11.6 Å². The lowest BCUT2D eigenvalue weighted by Gasteiger charge is -2.15. The van der Waals surface area contributed by atoms with Crippen LogP contribution in [0.1, 0.15) is 6.92 Å². The minimum absolute atomic E-state index is 0.400. The number of hydrogen-bond acceptors (Lipinski definition) is 3. The van der Waals surface area contributed by atoms with Crippen LogP contribution in [-0.4, -0.2) is 41.2 Å². The lowest BCUT2D eigenvalue weighted by Crippen LogP contribution is -2.33. The maximum atomic E-state index is 10.8. The Hall–Kier alpha value is -0.970. The van der Waals surface area contributed by atoms with Gasteiger partial charge < -0.3 is 14.7 Å². The van der Waals surface area contributed by atoms with Crippen molar-refractivity contribution in [1.29, 1.82) is 0 Å². The number of hydrogen-bond donors (Lipinski definition) is 1. The standard InChI is InChI=1S/C6H10ClNO4/c1-4(7)12-6(11)8(2)3-5(9)10/h4H,3H2,1-2H3,(H,9,10). The van der Waals surface area contributed by atoms with Crippen LogP contribution in [0.5, 0.6) is 0 Å². The first-order valence-electron chi connectivity index (χ1n) is 3.21. The summed E-state index contributed by atoms with van der Waals surface area (Å²) in [6.45, 7) is 1.07. The van der Waals surface area contributed by atoms with Crippen molar-refractivity contribution < 1.29 is 19.4 Å². The van der Waals surface area contributed by atoms with Gasteiger partial charge in [-0.25, -0.2) is 4.79 Å². The third-order valence-electron chi connectivity index (χ3n) is 0.947. The second-order valence-electron chi connectivity index (χ2n) is 2.18.